The molecule has 4 N–H and O–H groups in total. The average molecular weight is 316 g/mol. The molecular formula is C14H24N2O4S. The van der Waals surface area contributed by atoms with Crippen LogP contribution in [0.5, 0.6) is 5.75 Å². The average Bonchev–Trinajstić information content (AvgIpc) is 2.34. The second-order valence-electron chi connectivity index (χ2n) is 6.18. The van der Waals surface area contributed by atoms with Crippen LogP contribution in [-0.2, 0) is 10.0 Å². The maximum atomic E-state index is 12.3. The van der Waals surface area contributed by atoms with Crippen LogP contribution in [0, 0.1) is 5.41 Å². The van der Waals surface area contributed by atoms with E-state index in [1.165, 1.54) is 19.2 Å². The highest BCUT2D eigenvalue weighted by Gasteiger charge is 2.22. The number of nitrogen functional groups attached to an aromatic ring is 1. The molecule has 6 nitrogen and oxygen atoms in total. The van der Waals surface area contributed by atoms with Gasteiger partial charge < -0.3 is 15.6 Å². The third-order valence-electron chi connectivity index (χ3n) is 2.83. The maximum absolute atomic E-state index is 12.3. The Bertz CT molecular complexity index is 579. The molecule has 0 saturated carbocycles. The lowest BCUT2D eigenvalue weighted by molar-refractivity contribution is 0.125. The van der Waals surface area contributed by atoms with E-state index >= 15 is 0 Å². The Morgan fingerprint density at radius 3 is 2.52 bits per heavy atom. The van der Waals surface area contributed by atoms with E-state index in [0.29, 0.717) is 12.1 Å². The van der Waals surface area contributed by atoms with Crippen molar-refractivity contribution < 1.29 is 18.3 Å². The van der Waals surface area contributed by atoms with Crippen molar-refractivity contribution >= 4 is 15.7 Å². The zero-order valence-electron chi connectivity index (χ0n) is 12.9. The van der Waals surface area contributed by atoms with Gasteiger partial charge in [0.25, 0.3) is 0 Å². The topological polar surface area (TPSA) is 102 Å². The number of methoxy groups -OCH3 is 1. The van der Waals surface area contributed by atoms with Gasteiger partial charge in [-0.2, -0.15) is 0 Å². The Kier molecular flexibility index (Phi) is 5.61. The molecule has 21 heavy (non-hydrogen) atoms. The summed E-state index contributed by atoms with van der Waals surface area (Å²) in [7, 11) is -2.40. The number of ether oxygens (including phenoxy) is 1. The number of aliphatic hydroxyl groups is 1. The molecule has 1 aromatic rings. The highest BCUT2D eigenvalue weighted by atomic mass is 32.2. The van der Waals surface area contributed by atoms with Crippen LogP contribution < -0.4 is 15.2 Å². The molecule has 0 bridgehead atoms. The van der Waals surface area contributed by atoms with Crippen molar-refractivity contribution in [3.05, 3.63) is 18.2 Å². The quantitative estimate of drug-likeness (QED) is 0.688. The summed E-state index contributed by atoms with van der Waals surface area (Å²) >= 11 is 0. The van der Waals surface area contributed by atoms with E-state index in [-0.39, 0.29) is 22.6 Å². The summed E-state index contributed by atoms with van der Waals surface area (Å²) in [4.78, 5) is -0.0343. The first kappa shape index (κ1) is 17.7. The van der Waals surface area contributed by atoms with E-state index in [0.717, 1.165) is 0 Å². The summed E-state index contributed by atoms with van der Waals surface area (Å²) in [5.74, 6) is 0.210. The fraction of sp³-hybridized carbons (Fsp3) is 0.571. The minimum atomic E-state index is -3.79. The summed E-state index contributed by atoms with van der Waals surface area (Å²) in [5, 5.41) is 9.89. The number of benzene rings is 1. The van der Waals surface area contributed by atoms with Crippen LogP contribution >= 0.6 is 0 Å². The van der Waals surface area contributed by atoms with Crippen LogP contribution in [0.25, 0.3) is 0 Å². The van der Waals surface area contributed by atoms with Crippen molar-refractivity contribution in [1.82, 2.24) is 4.72 Å². The number of anilines is 1. The molecule has 7 heteroatoms. The third-order valence-corrected chi connectivity index (χ3v) is 4.28. The zero-order valence-corrected chi connectivity index (χ0v) is 13.7. The molecule has 0 heterocycles. The largest absolute Gasteiger partial charge is 0.495 e. The van der Waals surface area contributed by atoms with Gasteiger partial charge >= 0.3 is 0 Å². The number of nitrogens with two attached hydrogens (primary N) is 1. The molecule has 0 aliphatic rings. The molecule has 0 aromatic heterocycles. The molecule has 0 saturated heterocycles. The van der Waals surface area contributed by atoms with Crippen molar-refractivity contribution in [2.75, 3.05) is 19.4 Å². The predicted molar refractivity (Wildman–Crippen MR) is 82.7 cm³/mol. The van der Waals surface area contributed by atoms with E-state index < -0.39 is 16.1 Å². The van der Waals surface area contributed by atoms with Gasteiger partial charge in [0.1, 0.15) is 10.6 Å². The first-order valence-corrected chi connectivity index (χ1v) is 8.15. The lowest BCUT2D eigenvalue weighted by atomic mass is 9.89. The number of aliphatic hydroxyl groups excluding tert-OH is 1. The SMILES string of the molecule is COc1ccc(N)cc1S(=O)(=O)NCC(O)CC(C)(C)C. The van der Waals surface area contributed by atoms with Crippen LogP contribution in [-0.4, -0.2) is 33.3 Å². The molecule has 1 aromatic carbocycles. The van der Waals surface area contributed by atoms with Gasteiger partial charge in [-0.1, -0.05) is 20.8 Å². The van der Waals surface area contributed by atoms with Gasteiger partial charge in [0.05, 0.1) is 13.2 Å². The van der Waals surface area contributed by atoms with Gasteiger partial charge in [0.2, 0.25) is 10.0 Å². The van der Waals surface area contributed by atoms with Crippen molar-refractivity contribution in [2.45, 2.75) is 38.2 Å². The monoisotopic (exact) mass is 316 g/mol. The first-order chi connectivity index (χ1) is 9.55. The highest BCUT2D eigenvalue weighted by Crippen LogP contribution is 2.26. The summed E-state index contributed by atoms with van der Waals surface area (Å²) in [6.45, 7) is 5.88. The normalized spacial score (nSPS) is 14.0. The summed E-state index contributed by atoms with van der Waals surface area (Å²) in [6, 6.07) is 4.39. The number of rotatable bonds is 6. The molecular weight excluding hydrogens is 292 g/mol. The van der Waals surface area contributed by atoms with Crippen LogP contribution in [0.2, 0.25) is 0 Å². The predicted octanol–water partition coefficient (Wildman–Crippen LogP) is 1.35. The van der Waals surface area contributed by atoms with E-state index in [2.05, 4.69) is 4.72 Å². The van der Waals surface area contributed by atoms with Crippen molar-refractivity contribution in [3.63, 3.8) is 0 Å². The van der Waals surface area contributed by atoms with E-state index in [1.807, 2.05) is 20.8 Å². The van der Waals surface area contributed by atoms with Gasteiger partial charge in [-0.25, -0.2) is 13.1 Å². The molecule has 0 spiro atoms. The Hall–Kier alpha value is -1.31. The summed E-state index contributed by atoms with van der Waals surface area (Å²) in [5.41, 5.74) is 5.86. The number of hydrogen-bond donors (Lipinski definition) is 3. The van der Waals surface area contributed by atoms with Gasteiger partial charge in [0, 0.05) is 12.2 Å². The molecule has 0 aliphatic carbocycles. The first-order valence-electron chi connectivity index (χ1n) is 6.66. The van der Waals surface area contributed by atoms with Gasteiger partial charge in [-0.15, -0.1) is 0 Å². The van der Waals surface area contributed by atoms with Crippen LogP contribution in [0.15, 0.2) is 23.1 Å². The lowest BCUT2D eigenvalue weighted by Gasteiger charge is -2.22. The Morgan fingerprint density at radius 1 is 1.38 bits per heavy atom. The fourth-order valence-electron chi connectivity index (χ4n) is 1.97. The second-order valence-corrected chi connectivity index (χ2v) is 7.92. The van der Waals surface area contributed by atoms with Crippen LogP contribution in [0.1, 0.15) is 27.2 Å². The standard InChI is InChI=1S/C14H24N2O4S/c1-14(2,3)8-11(17)9-16-21(18,19)13-7-10(15)5-6-12(13)20-4/h5-7,11,16-17H,8-9,15H2,1-4H3. The summed E-state index contributed by atoms with van der Waals surface area (Å²) in [6.07, 6.45) is -0.268. The number of hydrogen-bond acceptors (Lipinski definition) is 5. The Labute approximate surface area is 126 Å². The van der Waals surface area contributed by atoms with E-state index in [4.69, 9.17) is 10.5 Å². The Morgan fingerprint density at radius 2 is 2.00 bits per heavy atom. The zero-order chi connectivity index (χ0) is 16.3. The highest BCUT2D eigenvalue weighted by molar-refractivity contribution is 7.89. The second kappa shape index (κ2) is 6.64. The van der Waals surface area contributed by atoms with Crippen LogP contribution in [0.4, 0.5) is 5.69 Å². The van der Waals surface area contributed by atoms with Gasteiger partial charge in [-0.05, 0) is 30.0 Å². The minimum absolute atomic E-state index is 0.0343. The van der Waals surface area contributed by atoms with Gasteiger partial charge in [0.15, 0.2) is 0 Å². The third kappa shape index (κ3) is 5.53. The molecule has 0 fully saturated rings. The fourth-order valence-corrected chi connectivity index (χ4v) is 3.24. The smallest absolute Gasteiger partial charge is 0.244 e. The molecule has 1 rings (SSSR count). The molecule has 0 aliphatic heterocycles. The van der Waals surface area contributed by atoms with E-state index in [1.54, 1.807) is 6.07 Å². The molecule has 0 radical (unpaired) electrons. The number of nitrogens with one attached hydrogen (secondary N) is 1. The molecule has 1 atom stereocenters. The van der Waals surface area contributed by atoms with Crippen LogP contribution in [0.3, 0.4) is 0 Å². The van der Waals surface area contributed by atoms with Gasteiger partial charge in [-0.3, -0.25) is 0 Å². The van der Waals surface area contributed by atoms with Crippen molar-refractivity contribution in [2.24, 2.45) is 5.41 Å². The van der Waals surface area contributed by atoms with Crippen molar-refractivity contribution in [3.8, 4) is 5.75 Å². The summed E-state index contributed by atoms with van der Waals surface area (Å²) < 4.78 is 32.0. The van der Waals surface area contributed by atoms with Crippen molar-refractivity contribution in [1.29, 1.82) is 0 Å². The maximum Gasteiger partial charge on any atom is 0.244 e. The Balaban J connectivity index is 2.85. The lowest BCUT2D eigenvalue weighted by Crippen LogP contribution is -2.34. The van der Waals surface area contributed by atoms with E-state index in [9.17, 15) is 13.5 Å². The molecule has 0 amide bonds. The minimum Gasteiger partial charge on any atom is -0.495 e. The molecule has 120 valence electrons. The number of sulfonamides is 1. The molecule has 1 unspecified atom stereocenters.